The Balaban J connectivity index is 2.39. The zero-order valence-corrected chi connectivity index (χ0v) is 8.39. The first kappa shape index (κ1) is 12.3. The molecule has 15 heavy (non-hydrogen) atoms. The van der Waals surface area contributed by atoms with E-state index in [0.717, 1.165) is 0 Å². The van der Waals surface area contributed by atoms with Crippen LogP contribution in [0.25, 0.3) is 0 Å². The molecule has 3 nitrogen and oxygen atoms in total. The molecule has 0 aromatic heterocycles. The SMILES string of the molecule is NC(=O)CCN1CCC[C@@H](C(F)(F)F)C1. The van der Waals surface area contributed by atoms with Gasteiger partial charge in [-0.15, -0.1) is 0 Å². The second-order valence-corrected chi connectivity index (χ2v) is 3.90. The average molecular weight is 224 g/mol. The fourth-order valence-corrected chi connectivity index (χ4v) is 1.79. The van der Waals surface area contributed by atoms with Crippen molar-refractivity contribution in [3.8, 4) is 0 Å². The van der Waals surface area contributed by atoms with Crippen molar-refractivity contribution in [1.29, 1.82) is 0 Å². The van der Waals surface area contributed by atoms with Crippen LogP contribution in [0.5, 0.6) is 0 Å². The molecule has 1 rings (SSSR count). The molecule has 0 saturated carbocycles. The van der Waals surface area contributed by atoms with Gasteiger partial charge in [-0.3, -0.25) is 4.79 Å². The number of alkyl halides is 3. The highest BCUT2D eigenvalue weighted by Gasteiger charge is 2.41. The third kappa shape index (κ3) is 4.07. The maximum atomic E-state index is 12.4. The van der Waals surface area contributed by atoms with Gasteiger partial charge in [-0.25, -0.2) is 0 Å². The Kier molecular flexibility index (Phi) is 3.96. The van der Waals surface area contributed by atoms with Crippen LogP contribution < -0.4 is 5.73 Å². The van der Waals surface area contributed by atoms with Gasteiger partial charge >= 0.3 is 6.18 Å². The van der Waals surface area contributed by atoms with Crippen molar-refractivity contribution in [1.82, 2.24) is 4.90 Å². The van der Waals surface area contributed by atoms with Crippen LogP contribution in [0.2, 0.25) is 0 Å². The van der Waals surface area contributed by atoms with E-state index in [4.69, 9.17) is 5.73 Å². The van der Waals surface area contributed by atoms with Crippen molar-refractivity contribution in [3.05, 3.63) is 0 Å². The first-order chi connectivity index (χ1) is 6.89. The molecule has 1 atom stereocenters. The molecule has 0 aromatic rings. The van der Waals surface area contributed by atoms with Crippen molar-refractivity contribution in [2.24, 2.45) is 11.7 Å². The third-order valence-corrected chi connectivity index (χ3v) is 2.64. The summed E-state index contributed by atoms with van der Waals surface area (Å²) in [5.74, 6) is -1.72. The van der Waals surface area contributed by atoms with Crippen molar-refractivity contribution in [2.45, 2.75) is 25.4 Å². The fraction of sp³-hybridized carbons (Fsp3) is 0.889. The molecule has 1 heterocycles. The number of hydrogen-bond donors (Lipinski definition) is 1. The van der Waals surface area contributed by atoms with Crippen LogP contribution in [0.4, 0.5) is 13.2 Å². The van der Waals surface area contributed by atoms with Gasteiger partial charge in [0.2, 0.25) is 5.91 Å². The van der Waals surface area contributed by atoms with Crippen LogP contribution in [0.1, 0.15) is 19.3 Å². The topological polar surface area (TPSA) is 46.3 Å². The van der Waals surface area contributed by atoms with Gasteiger partial charge in [0.15, 0.2) is 0 Å². The Hall–Kier alpha value is -0.780. The fourth-order valence-electron chi connectivity index (χ4n) is 1.79. The van der Waals surface area contributed by atoms with Gasteiger partial charge in [-0.2, -0.15) is 13.2 Å². The summed E-state index contributed by atoms with van der Waals surface area (Å²) in [5.41, 5.74) is 4.94. The van der Waals surface area contributed by atoms with Crippen molar-refractivity contribution in [2.75, 3.05) is 19.6 Å². The number of halogens is 3. The zero-order chi connectivity index (χ0) is 11.5. The van der Waals surface area contributed by atoms with E-state index in [1.807, 2.05) is 0 Å². The number of piperidine rings is 1. The molecule has 2 N–H and O–H groups in total. The van der Waals surface area contributed by atoms with Crippen molar-refractivity contribution >= 4 is 5.91 Å². The molecule has 0 bridgehead atoms. The lowest BCUT2D eigenvalue weighted by Gasteiger charge is -2.33. The summed E-state index contributed by atoms with van der Waals surface area (Å²) in [7, 11) is 0. The normalized spacial score (nSPS) is 24.1. The molecule has 6 heteroatoms. The monoisotopic (exact) mass is 224 g/mol. The number of likely N-dealkylation sites (tertiary alicyclic amines) is 1. The van der Waals surface area contributed by atoms with E-state index in [0.29, 0.717) is 19.5 Å². The van der Waals surface area contributed by atoms with E-state index in [1.165, 1.54) is 0 Å². The summed E-state index contributed by atoms with van der Waals surface area (Å²) < 4.78 is 37.2. The van der Waals surface area contributed by atoms with Crippen molar-refractivity contribution in [3.63, 3.8) is 0 Å². The number of carbonyl (C=O) groups excluding carboxylic acids is 1. The summed E-state index contributed by atoms with van der Waals surface area (Å²) in [6.07, 6.45) is -3.27. The van der Waals surface area contributed by atoms with Crippen LogP contribution in [0.3, 0.4) is 0 Å². The van der Waals surface area contributed by atoms with Crippen LogP contribution in [0.15, 0.2) is 0 Å². The molecule has 1 aliphatic rings. The van der Waals surface area contributed by atoms with E-state index in [9.17, 15) is 18.0 Å². The summed E-state index contributed by atoms with van der Waals surface area (Å²) in [6, 6.07) is 0. The average Bonchev–Trinajstić information content (AvgIpc) is 2.14. The van der Waals surface area contributed by atoms with E-state index in [2.05, 4.69) is 0 Å². The zero-order valence-electron chi connectivity index (χ0n) is 8.39. The molecule has 1 saturated heterocycles. The number of primary amides is 1. The van der Waals surface area contributed by atoms with Gasteiger partial charge in [0, 0.05) is 19.5 Å². The summed E-state index contributed by atoms with van der Waals surface area (Å²) in [4.78, 5) is 12.2. The van der Waals surface area contributed by atoms with Gasteiger partial charge in [0.05, 0.1) is 5.92 Å². The number of nitrogens with two attached hydrogens (primary N) is 1. The predicted octanol–water partition coefficient (Wildman–Crippen LogP) is 1.14. The largest absolute Gasteiger partial charge is 0.393 e. The molecule has 1 fully saturated rings. The molecular formula is C9H15F3N2O. The van der Waals surface area contributed by atoms with E-state index in [-0.39, 0.29) is 19.4 Å². The summed E-state index contributed by atoms with van der Waals surface area (Å²) in [6.45, 7) is 0.957. The molecule has 0 spiro atoms. The predicted molar refractivity (Wildman–Crippen MR) is 49.0 cm³/mol. The Morgan fingerprint density at radius 3 is 2.67 bits per heavy atom. The van der Waals surface area contributed by atoms with Crippen molar-refractivity contribution < 1.29 is 18.0 Å². The lowest BCUT2D eigenvalue weighted by Crippen LogP contribution is -2.42. The second kappa shape index (κ2) is 4.83. The molecule has 0 aromatic carbocycles. The minimum Gasteiger partial charge on any atom is -0.370 e. The van der Waals surface area contributed by atoms with Crippen LogP contribution in [0, 0.1) is 5.92 Å². The Labute approximate surface area is 86.4 Å². The minimum absolute atomic E-state index is 0.00319. The van der Waals surface area contributed by atoms with Gasteiger partial charge in [-0.1, -0.05) is 0 Å². The number of amides is 1. The number of rotatable bonds is 3. The molecule has 1 aliphatic heterocycles. The van der Waals surface area contributed by atoms with Gasteiger partial charge in [-0.05, 0) is 19.4 Å². The van der Waals surface area contributed by atoms with E-state index in [1.54, 1.807) is 4.90 Å². The molecule has 0 radical (unpaired) electrons. The van der Waals surface area contributed by atoms with Gasteiger partial charge < -0.3 is 10.6 Å². The summed E-state index contributed by atoms with van der Waals surface area (Å²) >= 11 is 0. The molecule has 88 valence electrons. The first-order valence-electron chi connectivity index (χ1n) is 4.97. The Bertz CT molecular complexity index is 230. The highest BCUT2D eigenvalue weighted by atomic mass is 19.4. The van der Waals surface area contributed by atoms with Crippen LogP contribution >= 0.6 is 0 Å². The molecule has 0 aliphatic carbocycles. The first-order valence-corrected chi connectivity index (χ1v) is 4.97. The standard InChI is InChI=1S/C9H15F3N2O/c10-9(11,12)7-2-1-4-14(6-7)5-3-8(13)15/h7H,1-6H2,(H2,13,15)/t7-/m1/s1. The van der Waals surface area contributed by atoms with Gasteiger partial charge in [0.25, 0.3) is 0 Å². The Morgan fingerprint density at radius 1 is 1.47 bits per heavy atom. The number of nitrogens with zero attached hydrogens (tertiary/aromatic N) is 1. The lowest BCUT2D eigenvalue weighted by molar-refractivity contribution is -0.186. The number of carbonyl (C=O) groups is 1. The highest BCUT2D eigenvalue weighted by molar-refractivity contribution is 5.73. The molecule has 1 amide bonds. The van der Waals surface area contributed by atoms with E-state index < -0.39 is 18.0 Å². The maximum absolute atomic E-state index is 12.4. The van der Waals surface area contributed by atoms with E-state index >= 15 is 0 Å². The smallest absolute Gasteiger partial charge is 0.370 e. The minimum atomic E-state index is -4.12. The third-order valence-electron chi connectivity index (χ3n) is 2.64. The summed E-state index contributed by atoms with van der Waals surface area (Å²) in [5, 5.41) is 0. The molecule has 0 unspecified atom stereocenters. The second-order valence-electron chi connectivity index (χ2n) is 3.90. The van der Waals surface area contributed by atoms with Crippen LogP contribution in [-0.4, -0.2) is 36.6 Å². The van der Waals surface area contributed by atoms with Gasteiger partial charge in [0.1, 0.15) is 0 Å². The maximum Gasteiger partial charge on any atom is 0.393 e. The Morgan fingerprint density at radius 2 is 2.13 bits per heavy atom. The molecular weight excluding hydrogens is 209 g/mol. The highest BCUT2D eigenvalue weighted by Crippen LogP contribution is 2.32. The number of hydrogen-bond acceptors (Lipinski definition) is 2. The van der Waals surface area contributed by atoms with Crippen LogP contribution in [-0.2, 0) is 4.79 Å². The lowest BCUT2D eigenvalue weighted by atomic mass is 9.97. The quantitative estimate of drug-likeness (QED) is 0.781.